The Balaban J connectivity index is 1.52. The molecule has 0 spiro atoms. The molecule has 0 atom stereocenters. The zero-order valence-corrected chi connectivity index (χ0v) is 29.4. The molecule has 3 aromatic carbocycles. The van der Waals surface area contributed by atoms with Crippen molar-refractivity contribution in [2.75, 3.05) is 0 Å². The number of rotatable bonds is 12. The lowest BCUT2D eigenvalue weighted by Gasteiger charge is -2.27. The van der Waals surface area contributed by atoms with Crippen LogP contribution in [0.25, 0.3) is 0 Å². The van der Waals surface area contributed by atoms with Crippen LogP contribution in [0.2, 0.25) is 0 Å². The maximum Gasteiger partial charge on any atom is 0.647 e. The van der Waals surface area contributed by atoms with Crippen molar-refractivity contribution in [3.05, 3.63) is 100 Å². The highest BCUT2D eigenvalue weighted by Gasteiger charge is 2.41. The quantitative estimate of drug-likeness (QED) is 0.1000. The lowest BCUT2D eigenvalue weighted by atomic mass is 9.91. The first-order valence-corrected chi connectivity index (χ1v) is 18.9. The van der Waals surface area contributed by atoms with Gasteiger partial charge in [-0.1, -0.05) is 38.5 Å². The second kappa shape index (κ2) is 14.4. The summed E-state index contributed by atoms with van der Waals surface area (Å²) in [6.45, 7) is 4.96. The molecule has 0 aromatic heterocycles. The molecule has 3 saturated carbocycles. The first-order chi connectivity index (χ1) is 23.9. The van der Waals surface area contributed by atoms with Gasteiger partial charge in [-0.3, -0.25) is 30.3 Å². The number of nitro benzene ring substituents is 3. The normalized spacial score (nSPS) is 17.3. The fourth-order valence-electron chi connectivity index (χ4n) is 8.49. The molecule has 0 amide bonds. The molecule has 3 aromatic rings. The summed E-state index contributed by atoms with van der Waals surface area (Å²) in [4.78, 5) is 34.6. The van der Waals surface area contributed by atoms with E-state index in [1.807, 2.05) is 0 Å². The minimum absolute atomic E-state index is 0.0790. The lowest BCUT2D eigenvalue weighted by Crippen LogP contribution is -2.14. The molecule has 0 saturated heterocycles. The molecule has 13 nitrogen and oxygen atoms in total. The summed E-state index contributed by atoms with van der Waals surface area (Å²) in [5.41, 5.74) is 2.66. The Morgan fingerprint density at radius 3 is 0.960 bits per heavy atom. The second-order valence-corrected chi connectivity index (χ2v) is 15.2. The monoisotopic (exact) mass is 707 g/mol. The van der Waals surface area contributed by atoms with Crippen LogP contribution < -0.4 is 13.6 Å². The molecule has 0 N–H and O–H groups in total. The maximum atomic E-state index is 15.3. The number of phosphoric ester groups is 1. The van der Waals surface area contributed by atoms with Crippen LogP contribution in [0.3, 0.4) is 0 Å². The van der Waals surface area contributed by atoms with Crippen molar-refractivity contribution in [1.29, 1.82) is 0 Å². The average Bonchev–Trinajstić information content (AvgIpc) is 3.86. The van der Waals surface area contributed by atoms with E-state index < -0.39 is 22.6 Å². The van der Waals surface area contributed by atoms with Gasteiger partial charge in [0.25, 0.3) is 17.1 Å². The molecule has 3 aliphatic rings. The van der Waals surface area contributed by atoms with Gasteiger partial charge >= 0.3 is 7.82 Å². The third kappa shape index (κ3) is 6.92. The van der Waals surface area contributed by atoms with Gasteiger partial charge in [0.15, 0.2) is 0 Å². The van der Waals surface area contributed by atoms with Crippen LogP contribution in [0.4, 0.5) is 17.1 Å². The van der Waals surface area contributed by atoms with Gasteiger partial charge in [0, 0.05) is 51.6 Å². The summed E-state index contributed by atoms with van der Waals surface area (Å²) in [7, 11) is -4.77. The number of phosphoric acid groups is 1. The fraction of sp³-hybridized carbons (Fsp3) is 0.500. The van der Waals surface area contributed by atoms with Crippen molar-refractivity contribution in [3.63, 3.8) is 0 Å². The van der Waals surface area contributed by atoms with E-state index in [0.29, 0.717) is 33.4 Å². The topological polar surface area (TPSA) is 174 Å². The SMILES string of the molecule is Cc1c([N+](=O)[O-])ccc(OP(=O)(Oc2ccc([N+](=O)[O-])c(C)c2C2CCCC2)Oc2ccc([N+](=O)[O-])c(C)c2C2CCCC2)c1C1CCCC1. The molecular weight excluding hydrogens is 665 g/mol. The van der Waals surface area contributed by atoms with E-state index in [1.165, 1.54) is 36.4 Å². The second-order valence-electron chi connectivity index (χ2n) is 13.8. The smallest absolute Gasteiger partial charge is 0.386 e. The molecule has 50 heavy (non-hydrogen) atoms. The van der Waals surface area contributed by atoms with Crippen LogP contribution in [-0.4, -0.2) is 14.8 Å². The lowest BCUT2D eigenvalue weighted by molar-refractivity contribution is -0.385. The molecule has 0 unspecified atom stereocenters. The van der Waals surface area contributed by atoms with Crippen LogP contribution >= 0.6 is 7.82 Å². The summed E-state index contributed by atoms with van der Waals surface area (Å²) in [6.07, 6.45) is 10.2. The standard InChI is InChI=1S/C36H42N3O10P/c1-22-28(37(40)41)16-19-31(34(22)25-10-4-5-11-25)47-50(46,48-32-20-17-29(38(42)43)23(2)35(32)26-12-6-7-13-26)49-33-21-18-30(39(44)45)24(3)36(33)27-14-8-9-15-27/h16-21,25-27H,4-15H2,1-3H3. The van der Waals surface area contributed by atoms with E-state index in [9.17, 15) is 30.3 Å². The Morgan fingerprint density at radius 2 is 0.740 bits per heavy atom. The third-order valence-corrected chi connectivity index (χ3v) is 12.1. The van der Waals surface area contributed by atoms with E-state index in [-0.39, 0.29) is 52.1 Å². The van der Waals surface area contributed by atoms with Crippen LogP contribution in [0.5, 0.6) is 17.2 Å². The number of nitro groups is 3. The van der Waals surface area contributed by atoms with Crippen molar-refractivity contribution in [1.82, 2.24) is 0 Å². The molecule has 14 heteroatoms. The number of hydrogen-bond acceptors (Lipinski definition) is 10. The zero-order chi connectivity index (χ0) is 35.7. The molecule has 0 heterocycles. The molecule has 0 radical (unpaired) electrons. The number of hydrogen-bond donors (Lipinski definition) is 0. The fourth-order valence-corrected chi connectivity index (χ4v) is 9.80. The van der Waals surface area contributed by atoms with Crippen LogP contribution in [0.15, 0.2) is 36.4 Å². The van der Waals surface area contributed by atoms with Crippen LogP contribution in [0.1, 0.15) is 128 Å². The summed E-state index contributed by atoms with van der Waals surface area (Å²) in [5.74, 6) is 0.153. The number of nitrogens with zero attached hydrogens (tertiary/aromatic N) is 3. The van der Waals surface area contributed by atoms with Crippen molar-refractivity contribution in [2.24, 2.45) is 0 Å². The molecular formula is C36H42N3O10P. The first kappa shape index (κ1) is 35.3. The van der Waals surface area contributed by atoms with Gasteiger partial charge in [0.1, 0.15) is 17.2 Å². The Bertz CT molecular complexity index is 1670. The molecule has 0 bridgehead atoms. The number of benzene rings is 3. The largest absolute Gasteiger partial charge is 0.647 e. The minimum atomic E-state index is -4.77. The highest BCUT2D eigenvalue weighted by molar-refractivity contribution is 7.49. The predicted octanol–water partition coefficient (Wildman–Crippen LogP) is 11.0. The molecule has 6 rings (SSSR count). The molecule has 266 valence electrons. The van der Waals surface area contributed by atoms with Crippen molar-refractivity contribution >= 4 is 24.9 Å². The summed E-state index contributed by atoms with van der Waals surface area (Å²) < 4.78 is 34.4. The van der Waals surface area contributed by atoms with E-state index in [0.717, 1.165) is 77.0 Å². The van der Waals surface area contributed by atoms with Crippen molar-refractivity contribution < 1.29 is 32.9 Å². The van der Waals surface area contributed by atoms with Gasteiger partial charge in [0.2, 0.25) is 0 Å². The van der Waals surface area contributed by atoms with Gasteiger partial charge < -0.3 is 13.6 Å². The average molecular weight is 708 g/mol. The van der Waals surface area contributed by atoms with Gasteiger partial charge in [-0.05, 0) is 95.2 Å². The Morgan fingerprint density at radius 1 is 0.500 bits per heavy atom. The minimum Gasteiger partial charge on any atom is -0.386 e. The van der Waals surface area contributed by atoms with Crippen molar-refractivity contribution in [2.45, 2.75) is 116 Å². The zero-order valence-electron chi connectivity index (χ0n) is 28.6. The van der Waals surface area contributed by atoms with Gasteiger partial charge in [-0.2, -0.15) is 4.57 Å². The first-order valence-electron chi connectivity index (χ1n) is 17.4. The van der Waals surface area contributed by atoms with E-state index in [2.05, 4.69) is 0 Å². The van der Waals surface area contributed by atoms with Gasteiger partial charge in [0.05, 0.1) is 14.8 Å². The van der Waals surface area contributed by atoms with E-state index in [4.69, 9.17) is 13.6 Å². The molecule has 3 aliphatic carbocycles. The highest BCUT2D eigenvalue weighted by atomic mass is 31.2. The van der Waals surface area contributed by atoms with E-state index in [1.54, 1.807) is 20.8 Å². The summed E-state index contributed by atoms with van der Waals surface area (Å²) in [6, 6.07) is 8.22. The predicted molar refractivity (Wildman–Crippen MR) is 187 cm³/mol. The summed E-state index contributed by atoms with van der Waals surface area (Å²) in [5, 5.41) is 35.9. The van der Waals surface area contributed by atoms with Gasteiger partial charge in [-0.25, -0.2) is 0 Å². The van der Waals surface area contributed by atoms with Gasteiger partial charge in [-0.15, -0.1) is 0 Å². The third-order valence-electron chi connectivity index (χ3n) is 10.8. The maximum absolute atomic E-state index is 15.3. The highest BCUT2D eigenvalue weighted by Crippen LogP contribution is 2.57. The Hall–Kier alpha value is -4.51. The van der Waals surface area contributed by atoms with Crippen LogP contribution in [-0.2, 0) is 4.57 Å². The van der Waals surface area contributed by atoms with Crippen molar-refractivity contribution in [3.8, 4) is 17.2 Å². The Kier molecular flexibility index (Phi) is 10.2. The van der Waals surface area contributed by atoms with E-state index >= 15 is 4.57 Å². The molecule has 0 aliphatic heterocycles. The van der Waals surface area contributed by atoms with Crippen LogP contribution in [0, 0.1) is 51.1 Å². The Labute approximate surface area is 290 Å². The molecule has 3 fully saturated rings. The summed E-state index contributed by atoms with van der Waals surface area (Å²) >= 11 is 0.